The second kappa shape index (κ2) is 6.68. The lowest BCUT2D eigenvalue weighted by Gasteiger charge is -2.17. The van der Waals surface area contributed by atoms with Gasteiger partial charge >= 0.3 is 6.18 Å². The van der Waals surface area contributed by atoms with Crippen molar-refractivity contribution in [3.63, 3.8) is 0 Å². The Morgan fingerprint density at radius 3 is 2.50 bits per heavy atom. The van der Waals surface area contributed by atoms with E-state index in [2.05, 4.69) is 11.2 Å². The van der Waals surface area contributed by atoms with E-state index in [0.29, 0.717) is 19.6 Å². The summed E-state index contributed by atoms with van der Waals surface area (Å²) in [4.78, 5) is 1.89. The molecule has 0 spiro atoms. The molecule has 5 heteroatoms. The summed E-state index contributed by atoms with van der Waals surface area (Å²) < 4.78 is 35.1. The van der Waals surface area contributed by atoms with Gasteiger partial charge in [-0.15, -0.1) is 6.42 Å². The first kappa shape index (κ1) is 13.3. The van der Waals surface area contributed by atoms with Crippen molar-refractivity contribution in [3.8, 4) is 12.3 Å². The molecule has 82 valence electrons. The first-order valence-corrected chi connectivity index (χ1v) is 4.43. The van der Waals surface area contributed by atoms with Crippen LogP contribution in [0.3, 0.4) is 0 Å². The molecule has 0 fully saturated rings. The summed E-state index contributed by atoms with van der Waals surface area (Å²) in [6.07, 6.45) is 0.951. The molecule has 0 rings (SSSR count). The topological polar surface area (TPSA) is 15.3 Å². The highest BCUT2D eigenvalue weighted by molar-refractivity contribution is 4.87. The molecule has 0 aromatic rings. The van der Waals surface area contributed by atoms with Gasteiger partial charge in [0.2, 0.25) is 0 Å². The van der Waals surface area contributed by atoms with E-state index in [0.717, 1.165) is 6.54 Å². The third kappa shape index (κ3) is 7.90. The molecule has 0 aromatic carbocycles. The van der Waals surface area contributed by atoms with Crippen LogP contribution in [0.1, 0.15) is 6.92 Å². The molecule has 0 bridgehead atoms. The van der Waals surface area contributed by atoms with Gasteiger partial charge < -0.3 is 5.32 Å². The Labute approximate surface area is 82.5 Å². The molecular weight excluding hydrogens is 193 g/mol. The quantitative estimate of drug-likeness (QED) is 0.519. The molecule has 2 nitrogen and oxygen atoms in total. The van der Waals surface area contributed by atoms with Crippen LogP contribution in [-0.4, -0.2) is 43.8 Å². The van der Waals surface area contributed by atoms with E-state index in [1.54, 1.807) is 0 Å². The first-order chi connectivity index (χ1) is 6.49. The fourth-order valence-electron chi connectivity index (χ4n) is 0.945. The third-order valence-electron chi connectivity index (χ3n) is 1.69. The normalized spacial score (nSPS) is 11.7. The molecule has 1 N–H and O–H groups in total. The molecule has 0 saturated carbocycles. The summed E-state index contributed by atoms with van der Waals surface area (Å²) in [6, 6.07) is 0. The summed E-state index contributed by atoms with van der Waals surface area (Å²) in [7, 11) is 0. The van der Waals surface area contributed by atoms with E-state index >= 15 is 0 Å². The summed E-state index contributed by atoms with van der Waals surface area (Å²) in [6.45, 7) is 3.04. The Morgan fingerprint density at radius 1 is 1.43 bits per heavy atom. The highest BCUT2D eigenvalue weighted by atomic mass is 19.4. The molecule has 0 aromatic heterocycles. The van der Waals surface area contributed by atoms with Gasteiger partial charge in [0.25, 0.3) is 0 Å². The molecule has 0 heterocycles. The Hall–Kier alpha value is -0.730. The molecule has 0 amide bonds. The Kier molecular flexibility index (Phi) is 6.34. The molecule has 0 aliphatic rings. The van der Waals surface area contributed by atoms with Gasteiger partial charge in [-0.3, -0.25) is 4.90 Å². The average Bonchev–Trinajstić information content (AvgIpc) is 2.08. The van der Waals surface area contributed by atoms with Crippen LogP contribution in [0.5, 0.6) is 0 Å². The molecule has 0 radical (unpaired) electrons. The lowest BCUT2D eigenvalue weighted by Crippen LogP contribution is -2.36. The number of nitrogens with zero attached hydrogens (tertiary/aromatic N) is 1. The number of hydrogen-bond donors (Lipinski definition) is 1. The van der Waals surface area contributed by atoms with Crippen LogP contribution in [0.15, 0.2) is 0 Å². The van der Waals surface area contributed by atoms with Gasteiger partial charge in [0.1, 0.15) is 0 Å². The zero-order valence-electron chi connectivity index (χ0n) is 8.19. The van der Waals surface area contributed by atoms with Crippen molar-refractivity contribution in [2.24, 2.45) is 0 Å². The molecular formula is C9H15F3N2. The van der Waals surface area contributed by atoms with E-state index in [9.17, 15) is 13.2 Å². The molecule has 0 aliphatic carbocycles. The van der Waals surface area contributed by atoms with Crippen LogP contribution in [-0.2, 0) is 0 Å². The third-order valence-corrected chi connectivity index (χ3v) is 1.69. The van der Waals surface area contributed by atoms with Crippen molar-refractivity contribution >= 4 is 0 Å². The van der Waals surface area contributed by atoms with Crippen molar-refractivity contribution < 1.29 is 13.2 Å². The highest BCUT2D eigenvalue weighted by Gasteiger charge is 2.25. The molecule has 0 unspecified atom stereocenters. The fraction of sp³-hybridized carbons (Fsp3) is 0.778. The number of nitrogens with one attached hydrogen (secondary N) is 1. The van der Waals surface area contributed by atoms with E-state index < -0.39 is 12.7 Å². The van der Waals surface area contributed by atoms with Crippen molar-refractivity contribution in [2.75, 3.05) is 32.7 Å². The van der Waals surface area contributed by atoms with Gasteiger partial charge in [-0.1, -0.05) is 12.8 Å². The second-order valence-corrected chi connectivity index (χ2v) is 2.86. The number of halogens is 3. The van der Waals surface area contributed by atoms with Gasteiger partial charge in [0, 0.05) is 13.1 Å². The minimum absolute atomic E-state index is 0.301. The Bertz CT molecular complexity index is 183. The van der Waals surface area contributed by atoms with Crippen molar-refractivity contribution in [3.05, 3.63) is 0 Å². The molecule has 0 atom stereocenters. The van der Waals surface area contributed by atoms with Crippen molar-refractivity contribution in [2.45, 2.75) is 13.1 Å². The van der Waals surface area contributed by atoms with Crippen LogP contribution in [0.25, 0.3) is 0 Å². The Morgan fingerprint density at radius 2 is 2.07 bits per heavy atom. The van der Waals surface area contributed by atoms with E-state index in [4.69, 9.17) is 6.42 Å². The average molecular weight is 208 g/mol. The van der Waals surface area contributed by atoms with Crippen LogP contribution in [0, 0.1) is 12.3 Å². The van der Waals surface area contributed by atoms with Gasteiger partial charge in [-0.2, -0.15) is 13.2 Å². The van der Waals surface area contributed by atoms with Crippen LogP contribution >= 0.6 is 0 Å². The maximum Gasteiger partial charge on any atom is 0.401 e. The van der Waals surface area contributed by atoms with E-state index in [-0.39, 0.29) is 0 Å². The molecule has 14 heavy (non-hydrogen) atoms. The summed E-state index contributed by atoms with van der Waals surface area (Å²) in [5.41, 5.74) is 0. The monoisotopic (exact) mass is 208 g/mol. The lowest BCUT2D eigenvalue weighted by atomic mass is 10.4. The van der Waals surface area contributed by atoms with Crippen LogP contribution in [0.4, 0.5) is 13.2 Å². The Balaban J connectivity index is 3.48. The fourth-order valence-corrected chi connectivity index (χ4v) is 0.945. The molecule has 0 saturated heterocycles. The minimum atomic E-state index is -4.14. The van der Waals surface area contributed by atoms with Gasteiger partial charge in [0.15, 0.2) is 0 Å². The van der Waals surface area contributed by atoms with E-state index in [1.807, 2.05) is 11.8 Å². The SMILES string of the molecule is C#CCN(CC)CCNCC(F)(F)F. The predicted octanol–water partition coefficient (Wildman–Crippen LogP) is 1.09. The van der Waals surface area contributed by atoms with Gasteiger partial charge in [0.05, 0.1) is 13.1 Å². The smallest absolute Gasteiger partial charge is 0.307 e. The zero-order chi connectivity index (χ0) is 11.0. The molecule has 0 aliphatic heterocycles. The first-order valence-electron chi connectivity index (χ1n) is 4.43. The summed E-state index contributed by atoms with van der Waals surface area (Å²) in [5, 5.41) is 2.31. The second-order valence-electron chi connectivity index (χ2n) is 2.86. The maximum absolute atomic E-state index is 11.7. The van der Waals surface area contributed by atoms with Crippen LogP contribution < -0.4 is 5.32 Å². The minimum Gasteiger partial charge on any atom is -0.307 e. The lowest BCUT2D eigenvalue weighted by molar-refractivity contribution is -0.124. The zero-order valence-corrected chi connectivity index (χ0v) is 8.19. The van der Waals surface area contributed by atoms with Gasteiger partial charge in [-0.25, -0.2) is 0 Å². The number of terminal acetylenes is 1. The van der Waals surface area contributed by atoms with Gasteiger partial charge in [-0.05, 0) is 6.54 Å². The summed E-state index contributed by atoms with van der Waals surface area (Å²) >= 11 is 0. The number of alkyl halides is 3. The summed E-state index contributed by atoms with van der Waals surface area (Å²) in [5.74, 6) is 2.45. The standard InChI is InChI=1S/C9H15F3N2/c1-3-6-14(4-2)7-5-13-8-9(10,11)12/h1,13H,4-8H2,2H3. The predicted molar refractivity (Wildman–Crippen MR) is 49.9 cm³/mol. The van der Waals surface area contributed by atoms with Crippen molar-refractivity contribution in [1.82, 2.24) is 10.2 Å². The number of hydrogen-bond acceptors (Lipinski definition) is 2. The van der Waals surface area contributed by atoms with E-state index in [1.165, 1.54) is 0 Å². The van der Waals surface area contributed by atoms with Crippen LogP contribution in [0.2, 0.25) is 0 Å². The highest BCUT2D eigenvalue weighted by Crippen LogP contribution is 2.11. The van der Waals surface area contributed by atoms with Crippen molar-refractivity contribution in [1.29, 1.82) is 0 Å². The number of likely N-dealkylation sites (N-methyl/N-ethyl adjacent to an activating group) is 1. The number of rotatable bonds is 6. The maximum atomic E-state index is 11.7. The largest absolute Gasteiger partial charge is 0.401 e.